The quantitative estimate of drug-likeness (QED) is 0.538. The monoisotopic (exact) mass is 468 g/mol. The molecule has 0 saturated carbocycles. The maximum absolute atomic E-state index is 13.4. The van der Waals surface area contributed by atoms with Crippen molar-refractivity contribution in [2.45, 2.75) is 64.7 Å². The predicted molar refractivity (Wildman–Crippen MR) is 131 cm³/mol. The Morgan fingerprint density at radius 1 is 1.09 bits per heavy atom. The first-order valence-corrected chi connectivity index (χ1v) is 11.9. The summed E-state index contributed by atoms with van der Waals surface area (Å²) in [5.74, 6) is 0.977. The van der Waals surface area contributed by atoms with Crippen LogP contribution < -0.4 is 14.8 Å². The van der Waals surface area contributed by atoms with E-state index in [1.807, 2.05) is 61.2 Å². The lowest BCUT2D eigenvalue weighted by Gasteiger charge is -2.37. The minimum atomic E-state index is -0.559. The summed E-state index contributed by atoms with van der Waals surface area (Å²) in [6.45, 7) is 6.43. The van der Waals surface area contributed by atoms with Crippen molar-refractivity contribution >= 4 is 11.9 Å². The second kappa shape index (κ2) is 11.9. The minimum Gasteiger partial charge on any atom is -0.493 e. The van der Waals surface area contributed by atoms with Crippen LogP contribution >= 0.6 is 0 Å². The summed E-state index contributed by atoms with van der Waals surface area (Å²) < 4.78 is 16.2. The van der Waals surface area contributed by atoms with Gasteiger partial charge in [0.05, 0.1) is 26.9 Å². The first-order valence-electron chi connectivity index (χ1n) is 11.9. The molecule has 0 fully saturated rings. The van der Waals surface area contributed by atoms with Crippen LogP contribution in [0.2, 0.25) is 0 Å². The molecule has 0 spiro atoms. The van der Waals surface area contributed by atoms with Crippen LogP contribution in [0.3, 0.4) is 0 Å². The molecule has 3 atom stereocenters. The number of carbonyl (C=O) groups excluding carboxylic acids is 2. The van der Waals surface area contributed by atoms with E-state index in [0.717, 1.165) is 23.1 Å². The van der Waals surface area contributed by atoms with E-state index < -0.39 is 12.1 Å². The first kappa shape index (κ1) is 25.6. The number of rotatable bonds is 10. The topological polar surface area (TPSA) is 77.1 Å². The van der Waals surface area contributed by atoms with E-state index in [1.165, 1.54) is 0 Å². The number of carbonyl (C=O) groups is 2. The highest BCUT2D eigenvalue weighted by Gasteiger charge is 2.32. The molecule has 0 bridgehead atoms. The van der Waals surface area contributed by atoms with E-state index in [4.69, 9.17) is 14.2 Å². The average Bonchev–Trinajstić information content (AvgIpc) is 2.85. The van der Waals surface area contributed by atoms with Crippen LogP contribution in [0.1, 0.15) is 43.9 Å². The minimum absolute atomic E-state index is 0.0210. The predicted octanol–water partition coefficient (Wildman–Crippen LogP) is 3.52. The van der Waals surface area contributed by atoms with Gasteiger partial charge in [-0.2, -0.15) is 0 Å². The molecule has 0 saturated heterocycles. The number of nitrogens with zero attached hydrogens (tertiary/aromatic N) is 1. The Hall–Kier alpha value is -3.06. The van der Waals surface area contributed by atoms with E-state index in [-0.39, 0.29) is 17.9 Å². The van der Waals surface area contributed by atoms with Crippen molar-refractivity contribution in [3.63, 3.8) is 0 Å². The molecular weight excluding hydrogens is 432 g/mol. The van der Waals surface area contributed by atoms with Crippen LogP contribution in [-0.2, 0) is 33.7 Å². The van der Waals surface area contributed by atoms with Gasteiger partial charge in [-0.05, 0) is 68.9 Å². The maximum atomic E-state index is 13.4. The third kappa shape index (κ3) is 6.08. The smallest absolute Gasteiger partial charge is 0.323 e. The van der Waals surface area contributed by atoms with Crippen LogP contribution in [0.5, 0.6) is 11.5 Å². The molecule has 1 aliphatic heterocycles. The maximum Gasteiger partial charge on any atom is 0.323 e. The van der Waals surface area contributed by atoms with Gasteiger partial charge in [0.25, 0.3) is 0 Å². The molecule has 1 amide bonds. The number of nitrogens with one attached hydrogen (secondary N) is 1. The number of esters is 1. The van der Waals surface area contributed by atoms with Crippen LogP contribution in [0.15, 0.2) is 42.5 Å². The van der Waals surface area contributed by atoms with E-state index in [0.29, 0.717) is 37.5 Å². The van der Waals surface area contributed by atoms with Crippen molar-refractivity contribution in [3.8, 4) is 11.5 Å². The van der Waals surface area contributed by atoms with Crippen molar-refractivity contribution in [1.29, 1.82) is 0 Å². The zero-order chi connectivity index (χ0) is 24.7. The highest BCUT2D eigenvalue weighted by atomic mass is 16.5. The first-order chi connectivity index (χ1) is 16.4. The van der Waals surface area contributed by atoms with Gasteiger partial charge >= 0.3 is 5.97 Å². The second-order valence-electron chi connectivity index (χ2n) is 8.71. The van der Waals surface area contributed by atoms with E-state index in [9.17, 15) is 9.59 Å². The Morgan fingerprint density at radius 3 is 2.35 bits per heavy atom. The van der Waals surface area contributed by atoms with Gasteiger partial charge in [-0.3, -0.25) is 14.9 Å². The van der Waals surface area contributed by atoms with Crippen LogP contribution in [0, 0.1) is 0 Å². The molecule has 0 unspecified atom stereocenters. The van der Waals surface area contributed by atoms with Crippen molar-refractivity contribution < 1.29 is 23.8 Å². The molecule has 2 aromatic rings. The number of aryl methyl sites for hydroxylation is 1. The van der Waals surface area contributed by atoms with E-state index in [2.05, 4.69) is 5.32 Å². The summed E-state index contributed by atoms with van der Waals surface area (Å²) >= 11 is 0. The number of hydrogen-bond donors (Lipinski definition) is 1. The van der Waals surface area contributed by atoms with Gasteiger partial charge in [-0.15, -0.1) is 0 Å². The normalized spacial score (nSPS) is 16.9. The number of hydrogen-bond acceptors (Lipinski definition) is 6. The van der Waals surface area contributed by atoms with Crippen molar-refractivity contribution in [2.75, 3.05) is 20.8 Å². The second-order valence-corrected chi connectivity index (χ2v) is 8.71. The Labute approximate surface area is 202 Å². The lowest BCUT2D eigenvalue weighted by molar-refractivity contribution is -0.146. The number of benzene rings is 2. The fourth-order valence-corrected chi connectivity index (χ4v) is 4.45. The fourth-order valence-electron chi connectivity index (χ4n) is 4.45. The lowest BCUT2D eigenvalue weighted by Crippen LogP contribution is -2.54. The van der Waals surface area contributed by atoms with Gasteiger partial charge in [0.1, 0.15) is 6.04 Å². The van der Waals surface area contributed by atoms with Gasteiger partial charge in [0.2, 0.25) is 5.91 Å². The number of methoxy groups -OCH3 is 2. The van der Waals surface area contributed by atoms with Crippen LogP contribution in [0.25, 0.3) is 0 Å². The van der Waals surface area contributed by atoms with Crippen molar-refractivity contribution in [1.82, 2.24) is 10.2 Å². The largest absolute Gasteiger partial charge is 0.493 e. The molecule has 0 aliphatic carbocycles. The zero-order valence-electron chi connectivity index (χ0n) is 20.8. The van der Waals surface area contributed by atoms with Crippen molar-refractivity contribution in [2.24, 2.45) is 0 Å². The number of amides is 1. The number of ether oxygens (including phenoxy) is 3. The Balaban J connectivity index is 1.71. The molecule has 1 heterocycles. The Bertz CT molecular complexity index is 978. The molecule has 184 valence electrons. The summed E-state index contributed by atoms with van der Waals surface area (Å²) in [7, 11) is 3.23. The molecule has 0 radical (unpaired) electrons. The van der Waals surface area contributed by atoms with Gasteiger partial charge in [0, 0.05) is 12.6 Å². The van der Waals surface area contributed by atoms with Crippen LogP contribution in [0.4, 0.5) is 0 Å². The van der Waals surface area contributed by atoms with Crippen molar-refractivity contribution in [3.05, 3.63) is 59.2 Å². The van der Waals surface area contributed by atoms with E-state index >= 15 is 0 Å². The fraction of sp³-hybridized carbons (Fsp3) is 0.481. The molecule has 2 aromatic carbocycles. The third-order valence-corrected chi connectivity index (χ3v) is 6.33. The molecule has 3 rings (SSSR count). The SMILES string of the molecule is CCOC(=O)[C@H](CCc1ccccc1)N[C@@H](C)C(=O)N1Cc2cc(OC)c(OC)cc2C[C@H]1C. The molecular formula is C27H36N2O5. The molecule has 1 aliphatic rings. The molecule has 7 nitrogen and oxygen atoms in total. The molecule has 7 heteroatoms. The highest BCUT2D eigenvalue weighted by molar-refractivity contribution is 5.83. The van der Waals surface area contributed by atoms with Gasteiger partial charge in [-0.25, -0.2) is 0 Å². The molecule has 0 aromatic heterocycles. The Kier molecular flexibility index (Phi) is 8.93. The number of fused-ring (bicyclic) bond motifs is 1. The van der Waals surface area contributed by atoms with Gasteiger partial charge in [0.15, 0.2) is 11.5 Å². The van der Waals surface area contributed by atoms with E-state index in [1.54, 1.807) is 21.1 Å². The summed E-state index contributed by atoms with van der Waals surface area (Å²) in [4.78, 5) is 27.9. The molecule has 34 heavy (non-hydrogen) atoms. The molecule has 1 N–H and O–H groups in total. The zero-order valence-corrected chi connectivity index (χ0v) is 20.8. The summed E-state index contributed by atoms with van der Waals surface area (Å²) in [5.41, 5.74) is 3.34. The Morgan fingerprint density at radius 2 is 1.74 bits per heavy atom. The lowest BCUT2D eigenvalue weighted by atomic mass is 9.93. The van der Waals surface area contributed by atoms with Gasteiger partial charge < -0.3 is 19.1 Å². The highest BCUT2D eigenvalue weighted by Crippen LogP contribution is 2.34. The van der Waals surface area contributed by atoms with Crippen LogP contribution in [-0.4, -0.2) is 55.7 Å². The summed E-state index contributed by atoms with van der Waals surface area (Å²) in [6, 6.07) is 12.9. The summed E-state index contributed by atoms with van der Waals surface area (Å²) in [6.07, 6.45) is 1.99. The standard InChI is InChI=1S/C27H36N2O5/c1-6-34-27(31)23(13-12-20-10-8-7-9-11-20)28-19(3)26(30)29-17-22-16-25(33-5)24(32-4)15-21(22)14-18(29)2/h7-11,15-16,18-19,23,28H,6,12-14,17H2,1-5H3/t18-,19+,23+/m1/s1. The summed E-state index contributed by atoms with van der Waals surface area (Å²) in [5, 5.41) is 3.24. The third-order valence-electron chi connectivity index (χ3n) is 6.33. The average molecular weight is 469 g/mol. The van der Waals surface area contributed by atoms with Gasteiger partial charge in [-0.1, -0.05) is 30.3 Å².